The van der Waals surface area contributed by atoms with Crippen molar-refractivity contribution in [1.82, 2.24) is 14.3 Å². The first-order valence-corrected chi connectivity index (χ1v) is 7.84. The molecular formula is C12H19N3O2S. The Morgan fingerprint density at radius 2 is 2.28 bits per heavy atom. The lowest BCUT2D eigenvalue weighted by Gasteiger charge is -2.26. The van der Waals surface area contributed by atoms with Crippen molar-refractivity contribution in [2.75, 3.05) is 6.54 Å². The molecule has 5 nitrogen and oxygen atoms in total. The van der Waals surface area contributed by atoms with Crippen LogP contribution in [0.1, 0.15) is 44.8 Å². The molecule has 0 radical (unpaired) electrons. The topological polar surface area (TPSA) is 63.2 Å². The van der Waals surface area contributed by atoms with Gasteiger partial charge in [0.05, 0.1) is 23.2 Å². The monoisotopic (exact) mass is 269 g/mol. The summed E-state index contributed by atoms with van der Waals surface area (Å²) in [4.78, 5) is 8.27. The molecule has 2 atom stereocenters. The third-order valence-corrected chi connectivity index (χ3v) is 5.98. The molecule has 1 aromatic rings. The van der Waals surface area contributed by atoms with Crippen LogP contribution in [0.2, 0.25) is 0 Å². The van der Waals surface area contributed by atoms with Gasteiger partial charge in [0.25, 0.3) is 0 Å². The number of hydrogen-bond acceptors (Lipinski definition) is 4. The summed E-state index contributed by atoms with van der Waals surface area (Å²) < 4.78 is 26.5. The van der Waals surface area contributed by atoms with Crippen molar-refractivity contribution in [2.24, 2.45) is 0 Å². The molecule has 0 N–H and O–H groups in total. The minimum Gasteiger partial charge on any atom is -0.261 e. The molecule has 0 bridgehead atoms. The first-order chi connectivity index (χ1) is 8.57. The number of aromatic nitrogens is 2. The minimum atomic E-state index is -3.22. The van der Waals surface area contributed by atoms with E-state index in [0.717, 1.165) is 18.5 Å². The van der Waals surface area contributed by atoms with Crippen molar-refractivity contribution >= 4 is 10.0 Å². The Labute approximate surface area is 108 Å². The first kappa shape index (κ1) is 13.4. The Morgan fingerprint density at radius 1 is 1.50 bits per heavy atom. The third-order valence-electron chi connectivity index (χ3n) is 3.54. The Morgan fingerprint density at radius 3 is 2.89 bits per heavy atom. The Hall–Kier alpha value is -1.01. The number of hydrogen-bond donors (Lipinski definition) is 0. The lowest BCUT2D eigenvalue weighted by Crippen LogP contribution is -2.37. The highest BCUT2D eigenvalue weighted by molar-refractivity contribution is 7.89. The molecule has 1 saturated heterocycles. The van der Waals surface area contributed by atoms with E-state index in [1.807, 2.05) is 6.92 Å². The molecule has 0 amide bonds. The largest absolute Gasteiger partial charge is 0.261 e. The molecule has 0 aliphatic carbocycles. The van der Waals surface area contributed by atoms with Gasteiger partial charge in [0.2, 0.25) is 10.0 Å². The van der Waals surface area contributed by atoms with E-state index >= 15 is 0 Å². The highest BCUT2D eigenvalue weighted by atomic mass is 32.2. The summed E-state index contributed by atoms with van der Waals surface area (Å²) in [5.41, 5.74) is 0.752. The maximum Gasteiger partial charge on any atom is 0.217 e. The van der Waals surface area contributed by atoms with Gasteiger partial charge in [-0.2, -0.15) is 4.31 Å². The second-order valence-corrected chi connectivity index (χ2v) is 6.97. The predicted octanol–water partition coefficient (Wildman–Crippen LogP) is 1.74. The zero-order valence-corrected chi connectivity index (χ0v) is 11.6. The predicted molar refractivity (Wildman–Crippen MR) is 69.4 cm³/mol. The molecular weight excluding hydrogens is 250 g/mol. The molecule has 2 heterocycles. The lowest BCUT2D eigenvalue weighted by atomic mass is 10.2. The fourth-order valence-corrected chi connectivity index (χ4v) is 4.10. The average Bonchev–Trinajstić information content (AvgIpc) is 2.88. The van der Waals surface area contributed by atoms with Crippen LogP contribution in [0.15, 0.2) is 18.6 Å². The summed E-state index contributed by atoms with van der Waals surface area (Å²) in [5.74, 6) is 0. The van der Waals surface area contributed by atoms with Gasteiger partial charge >= 0.3 is 0 Å². The number of rotatable bonds is 4. The van der Waals surface area contributed by atoms with Gasteiger partial charge in [0.15, 0.2) is 0 Å². The van der Waals surface area contributed by atoms with Crippen molar-refractivity contribution in [2.45, 2.75) is 44.4 Å². The maximum atomic E-state index is 12.4. The fourth-order valence-electron chi connectivity index (χ4n) is 2.26. The van der Waals surface area contributed by atoms with Gasteiger partial charge in [-0.05, 0) is 26.2 Å². The van der Waals surface area contributed by atoms with E-state index in [1.165, 1.54) is 0 Å². The summed E-state index contributed by atoms with van der Waals surface area (Å²) in [6.07, 6.45) is 7.22. The molecule has 1 aliphatic rings. The highest BCUT2D eigenvalue weighted by Crippen LogP contribution is 2.34. The van der Waals surface area contributed by atoms with Gasteiger partial charge in [-0.15, -0.1) is 0 Å². The van der Waals surface area contributed by atoms with Crippen LogP contribution in [-0.2, 0) is 10.0 Å². The normalized spacial score (nSPS) is 23.1. The van der Waals surface area contributed by atoms with Gasteiger partial charge in [-0.25, -0.2) is 8.42 Å². The summed E-state index contributed by atoms with van der Waals surface area (Å²) in [6, 6.07) is -0.141. The zero-order chi connectivity index (χ0) is 13.2. The smallest absolute Gasteiger partial charge is 0.217 e. The molecule has 2 rings (SSSR count). The second-order valence-electron chi connectivity index (χ2n) is 4.66. The van der Waals surface area contributed by atoms with E-state index in [-0.39, 0.29) is 11.3 Å². The minimum absolute atomic E-state index is 0.141. The SMILES string of the molecule is CC[C@@H](C)S(=O)(=O)N1CCC[C@H]1c1cnccn1. The van der Waals surface area contributed by atoms with Gasteiger partial charge in [-0.3, -0.25) is 9.97 Å². The van der Waals surface area contributed by atoms with Gasteiger partial charge in [-0.1, -0.05) is 6.92 Å². The molecule has 1 aliphatic heterocycles. The van der Waals surface area contributed by atoms with Crippen molar-refractivity contribution < 1.29 is 8.42 Å². The van der Waals surface area contributed by atoms with E-state index in [9.17, 15) is 8.42 Å². The standard InChI is InChI=1S/C12H19N3O2S/c1-3-10(2)18(16,17)15-8-4-5-12(15)11-9-13-6-7-14-11/h6-7,9-10,12H,3-5,8H2,1-2H3/t10-,12+/m1/s1. The molecule has 1 fully saturated rings. The van der Waals surface area contributed by atoms with Crippen molar-refractivity contribution in [3.8, 4) is 0 Å². The van der Waals surface area contributed by atoms with E-state index in [4.69, 9.17) is 0 Å². The molecule has 0 aromatic carbocycles. The Bertz CT molecular complexity index is 489. The molecule has 0 spiro atoms. The summed E-state index contributed by atoms with van der Waals surface area (Å²) in [5, 5.41) is -0.338. The van der Waals surface area contributed by atoms with E-state index < -0.39 is 10.0 Å². The van der Waals surface area contributed by atoms with Crippen LogP contribution in [0, 0.1) is 0 Å². The highest BCUT2D eigenvalue weighted by Gasteiger charge is 2.38. The molecule has 100 valence electrons. The van der Waals surface area contributed by atoms with Gasteiger partial charge in [0, 0.05) is 18.9 Å². The molecule has 1 aromatic heterocycles. The van der Waals surface area contributed by atoms with Crippen molar-refractivity contribution in [3.63, 3.8) is 0 Å². The summed E-state index contributed by atoms with van der Waals surface area (Å²) in [6.45, 7) is 4.25. The second kappa shape index (κ2) is 5.32. The van der Waals surface area contributed by atoms with E-state index in [1.54, 1.807) is 29.8 Å². The molecule has 18 heavy (non-hydrogen) atoms. The van der Waals surface area contributed by atoms with E-state index in [2.05, 4.69) is 9.97 Å². The first-order valence-electron chi connectivity index (χ1n) is 6.34. The maximum absolute atomic E-state index is 12.4. The van der Waals surface area contributed by atoms with E-state index in [0.29, 0.717) is 13.0 Å². The van der Waals surface area contributed by atoms with Crippen LogP contribution in [0.3, 0.4) is 0 Å². The number of sulfonamides is 1. The Balaban J connectivity index is 2.29. The van der Waals surface area contributed by atoms with Crippen LogP contribution in [0.4, 0.5) is 0 Å². The molecule has 6 heteroatoms. The van der Waals surface area contributed by atoms with Gasteiger partial charge < -0.3 is 0 Å². The third kappa shape index (κ3) is 2.40. The summed E-state index contributed by atoms with van der Waals surface area (Å²) >= 11 is 0. The lowest BCUT2D eigenvalue weighted by molar-refractivity contribution is 0.383. The van der Waals surface area contributed by atoms with Crippen LogP contribution in [0.25, 0.3) is 0 Å². The van der Waals surface area contributed by atoms with Crippen LogP contribution >= 0.6 is 0 Å². The quantitative estimate of drug-likeness (QED) is 0.835. The number of nitrogens with zero attached hydrogens (tertiary/aromatic N) is 3. The fraction of sp³-hybridized carbons (Fsp3) is 0.667. The average molecular weight is 269 g/mol. The van der Waals surface area contributed by atoms with Crippen LogP contribution in [0.5, 0.6) is 0 Å². The molecule has 0 saturated carbocycles. The van der Waals surface area contributed by atoms with Crippen molar-refractivity contribution in [1.29, 1.82) is 0 Å². The Kier molecular flexibility index (Phi) is 3.97. The van der Waals surface area contributed by atoms with Crippen molar-refractivity contribution in [3.05, 3.63) is 24.3 Å². The summed E-state index contributed by atoms with van der Waals surface area (Å²) in [7, 11) is -3.22. The molecule has 0 unspecified atom stereocenters. The van der Waals surface area contributed by atoms with Gasteiger partial charge in [0.1, 0.15) is 0 Å². The van der Waals surface area contributed by atoms with Crippen LogP contribution < -0.4 is 0 Å². The zero-order valence-electron chi connectivity index (χ0n) is 10.8. The van der Waals surface area contributed by atoms with Crippen LogP contribution in [-0.4, -0.2) is 34.5 Å².